The molecule has 0 aliphatic heterocycles. The van der Waals surface area contributed by atoms with Crippen LogP contribution in [0.4, 0.5) is 5.69 Å². The Bertz CT molecular complexity index is 1020. The van der Waals surface area contributed by atoms with Crippen LogP contribution in [0.25, 0.3) is 11.0 Å². The second kappa shape index (κ2) is 7.39. The summed E-state index contributed by atoms with van der Waals surface area (Å²) in [6.07, 6.45) is 1.01. The van der Waals surface area contributed by atoms with Crippen LogP contribution in [0.2, 0.25) is 0 Å². The number of aromatic nitrogens is 3. The molecule has 142 valence electrons. The van der Waals surface area contributed by atoms with Gasteiger partial charge in [-0.2, -0.15) is 0 Å². The zero-order valence-corrected chi connectivity index (χ0v) is 16.8. The van der Waals surface area contributed by atoms with E-state index in [4.69, 9.17) is 4.74 Å². The van der Waals surface area contributed by atoms with Crippen molar-refractivity contribution < 1.29 is 9.53 Å². The van der Waals surface area contributed by atoms with Crippen LogP contribution in [-0.2, 0) is 18.3 Å². The molecule has 0 unspecified atom stereocenters. The minimum Gasteiger partial charge on any atom is -0.479 e. The molecule has 0 aliphatic carbocycles. The van der Waals surface area contributed by atoms with E-state index in [0.29, 0.717) is 18.7 Å². The number of amides is 1. The molecule has 2 heterocycles. The maximum absolute atomic E-state index is 12.5. The zero-order chi connectivity index (χ0) is 19.7. The first-order valence-corrected chi connectivity index (χ1v) is 9.06. The monoisotopic (exact) mass is 366 g/mol. The highest BCUT2D eigenvalue weighted by molar-refractivity contribution is 5.92. The molecule has 27 heavy (non-hydrogen) atoms. The largest absolute Gasteiger partial charge is 0.479 e. The van der Waals surface area contributed by atoms with Crippen LogP contribution in [0.5, 0.6) is 5.88 Å². The number of nitrogens with one attached hydrogen (secondary N) is 1. The van der Waals surface area contributed by atoms with Gasteiger partial charge in [-0.3, -0.25) is 4.79 Å². The molecule has 0 radical (unpaired) electrons. The molecule has 0 aliphatic rings. The minimum absolute atomic E-state index is 0.000693. The molecule has 2 aromatic heterocycles. The number of aryl methyl sites for hydroxylation is 4. The van der Waals surface area contributed by atoms with E-state index in [2.05, 4.69) is 15.4 Å². The van der Waals surface area contributed by atoms with Gasteiger partial charge >= 0.3 is 0 Å². The number of benzene rings is 1. The summed E-state index contributed by atoms with van der Waals surface area (Å²) < 4.78 is 7.13. The van der Waals surface area contributed by atoms with Gasteiger partial charge in [0.05, 0.1) is 12.5 Å². The molecule has 0 spiro atoms. The van der Waals surface area contributed by atoms with Crippen LogP contribution in [0.3, 0.4) is 0 Å². The van der Waals surface area contributed by atoms with E-state index >= 15 is 0 Å². The third-order valence-electron chi connectivity index (χ3n) is 5.20. The third kappa shape index (κ3) is 3.52. The van der Waals surface area contributed by atoms with Crippen LogP contribution in [0.15, 0.2) is 18.2 Å². The summed E-state index contributed by atoms with van der Waals surface area (Å²) >= 11 is 0. The fourth-order valence-corrected chi connectivity index (χ4v) is 3.45. The van der Waals surface area contributed by atoms with E-state index in [1.54, 1.807) is 11.8 Å². The first kappa shape index (κ1) is 18.9. The fourth-order valence-electron chi connectivity index (χ4n) is 3.45. The van der Waals surface area contributed by atoms with E-state index in [1.807, 2.05) is 52.9 Å². The van der Waals surface area contributed by atoms with Crippen LogP contribution in [0.1, 0.15) is 34.4 Å². The van der Waals surface area contributed by atoms with Crippen molar-refractivity contribution in [2.24, 2.45) is 7.05 Å². The predicted molar refractivity (Wildman–Crippen MR) is 107 cm³/mol. The molecule has 3 aromatic rings. The Balaban J connectivity index is 1.82. The molecule has 0 saturated heterocycles. The van der Waals surface area contributed by atoms with Crippen molar-refractivity contribution in [3.8, 4) is 5.88 Å². The number of ether oxygens (including phenoxy) is 1. The van der Waals surface area contributed by atoms with Gasteiger partial charge in [0, 0.05) is 24.8 Å². The maximum Gasteiger partial charge on any atom is 0.242 e. The second-order valence-corrected chi connectivity index (χ2v) is 6.93. The Morgan fingerprint density at radius 2 is 1.93 bits per heavy atom. The number of rotatable bonds is 5. The lowest BCUT2D eigenvalue weighted by atomic mass is 10.00. The summed E-state index contributed by atoms with van der Waals surface area (Å²) in [5.74, 6) is 0.569. The average molecular weight is 366 g/mol. The van der Waals surface area contributed by atoms with Crippen molar-refractivity contribution in [2.45, 2.75) is 40.5 Å². The number of pyridine rings is 1. The van der Waals surface area contributed by atoms with Crippen molar-refractivity contribution in [1.29, 1.82) is 0 Å². The van der Waals surface area contributed by atoms with Gasteiger partial charge < -0.3 is 10.1 Å². The molecular formula is C21H26N4O2. The van der Waals surface area contributed by atoms with Crippen molar-refractivity contribution in [2.75, 3.05) is 12.4 Å². The summed E-state index contributed by atoms with van der Waals surface area (Å²) in [5, 5.41) is 8.31. The number of fused-ring (bicyclic) bond motifs is 1. The molecule has 6 heteroatoms. The Labute approximate surface area is 159 Å². The third-order valence-corrected chi connectivity index (χ3v) is 5.20. The van der Waals surface area contributed by atoms with Gasteiger partial charge in [0.25, 0.3) is 0 Å². The lowest BCUT2D eigenvalue weighted by Gasteiger charge is -2.13. The number of nitrogens with zero attached hydrogens (tertiary/aromatic N) is 3. The van der Waals surface area contributed by atoms with Crippen LogP contribution >= 0.6 is 0 Å². The van der Waals surface area contributed by atoms with Crippen LogP contribution in [0, 0.1) is 27.7 Å². The standard InChI is InChI=1S/C21H26N4O2/c1-12-8-7-9-17(13(12)2)23-18(26)11-10-16-14(3)19-20(22-15(16)4)25(5)24-21(19)27-6/h7-9H,10-11H2,1-6H3,(H,23,26). The highest BCUT2D eigenvalue weighted by Gasteiger charge is 2.18. The average Bonchev–Trinajstić information content (AvgIpc) is 2.95. The number of hydrogen-bond donors (Lipinski definition) is 1. The molecule has 0 saturated carbocycles. The molecule has 0 fully saturated rings. The minimum atomic E-state index is 0.000693. The number of hydrogen-bond acceptors (Lipinski definition) is 4. The molecule has 3 rings (SSSR count). The molecular weight excluding hydrogens is 340 g/mol. The van der Waals surface area contributed by atoms with Gasteiger partial charge in [-0.05, 0) is 62.4 Å². The number of carbonyl (C=O) groups is 1. The van der Waals surface area contributed by atoms with Crippen molar-refractivity contribution in [1.82, 2.24) is 14.8 Å². The van der Waals surface area contributed by atoms with Gasteiger partial charge in [-0.15, -0.1) is 5.10 Å². The maximum atomic E-state index is 12.5. The van der Waals surface area contributed by atoms with E-state index in [-0.39, 0.29) is 5.91 Å². The molecule has 1 N–H and O–H groups in total. The summed E-state index contributed by atoms with van der Waals surface area (Å²) in [6, 6.07) is 5.93. The van der Waals surface area contributed by atoms with Crippen molar-refractivity contribution in [3.05, 3.63) is 46.1 Å². The lowest BCUT2D eigenvalue weighted by molar-refractivity contribution is -0.116. The SMILES string of the molecule is COc1nn(C)c2nc(C)c(CCC(=O)Nc3cccc(C)c3C)c(C)c12. The Morgan fingerprint density at radius 1 is 1.19 bits per heavy atom. The molecule has 0 atom stereocenters. The van der Waals surface area contributed by atoms with Crippen LogP contribution in [-0.4, -0.2) is 27.8 Å². The normalized spacial score (nSPS) is 11.0. The van der Waals surface area contributed by atoms with Gasteiger partial charge in [0.15, 0.2) is 5.65 Å². The molecule has 1 amide bonds. The summed E-state index contributed by atoms with van der Waals surface area (Å²) in [5.41, 5.74) is 7.00. The zero-order valence-electron chi connectivity index (χ0n) is 16.8. The van der Waals surface area contributed by atoms with E-state index < -0.39 is 0 Å². The number of carbonyl (C=O) groups excluding carboxylic acids is 1. The van der Waals surface area contributed by atoms with Gasteiger partial charge in [0.1, 0.15) is 0 Å². The molecule has 0 bridgehead atoms. The second-order valence-electron chi connectivity index (χ2n) is 6.93. The van der Waals surface area contributed by atoms with E-state index in [9.17, 15) is 4.79 Å². The van der Waals surface area contributed by atoms with Gasteiger partial charge in [-0.25, -0.2) is 9.67 Å². The van der Waals surface area contributed by atoms with Crippen molar-refractivity contribution >= 4 is 22.6 Å². The van der Waals surface area contributed by atoms with Gasteiger partial charge in [-0.1, -0.05) is 12.1 Å². The van der Waals surface area contributed by atoms with Gasteiger partial charge in [0.2, 0.25) is 11.8 Å². The van der Waals surface area contributed by atoms with Crippen molar-refractivity contribution in [3.63, 3.8) is 0 Å². The Kier molecular flexibility index (Phi) is 5.17. The summed E-state index contributed by atoms with van der Waals surface area (Å²) in [7, 11) is 3.46. The Morgan fingerprint density at radius 3 is 2.63 bits per heavy atom. The highest BCUT2D eigenvalue weighted by atomic mass is 16.5. The first-order chi connectivity index (χ1) is 12.8. The number of anilines is 1. The fraction of sp³-hybridized carbons (Fsp3) is 0.381. The summed E-state index contributed by atoms with van der Waals surface area (Å²) in [4.78, 5) is 17.2. The van der Waals surface area contributed by atoms with E-state index in [0.717, 1.165) is 44.7 Å². The molecule has 6 nitrogen and oxygen atoms in total. The summed E-state index contributed by atoms with van der Waals surface area (Å²) in [6.45, 7) is 8.08. The molecule has 1 aromatic carbocycles. The van der Waals surface area contributed by atoms with E-state index in [1.165, 1.54) is 0 Å². The van der Waals surface area contributed by atoms with Crippen LogP contribution < -0.4 is 10.1 Å². The highest BCUT2D eigenvalue weighted by Crippen LogP contribution is 2.30. The topological polar surface area (TPSA) is 69.0 Å². The lowest BCUT2D eigenvalue weighted by Crippen LogP contribution is -2.14. The number of methoxy groups -OCH3 is 1. The first-order valence-electron chi connectivity index (χ1n) is 9.06. The Hall–Kier alpha value is -2.89. The smallest absolute Gasteiger partial charge is 0.242 e. The predicted octanol–water partition coefficient (Wildman–Crippen LogP) is 3.78. The quantitative estimate of drug-likeness (QED) is 0.746.